The second kappa shape index (κ2) is 11.1. The molecule has 1 nitrogen and oxygen atoms in total. The standard InChI is InChI=1S/C27H26F2OS/c1-19-6-7-22(13-20(19)2)14-23(24-15-25(28)17-26(29)16-24)5-3-4-12-31-27-10-8-21(18-30)9-11-27/h6-11,13-18H,3-5,12H2,1-2H3. The van der Waals surface area contributed by atoms with Gasteiger partial charge in [-0.3, -0.25) is 4.79 Å². The Labute approximate surface area is 187 Å². The van der Waals surface area contributed by atoms with E-state index in [1.54, 1.807) is 11.8 Å². The molecule has 0 N–H and O–H groups in total. The third kappa shape index (κ3) is 6.90. The lowest BCUT2D eigenvalue weighted by molar-refractivity contribution is 0.112. The highest BCUT2D eigenvalue weighted by atomic mass is 32.2. The summed E-state index contributed by atoms with van der Waals surface area (Å²) in [5.74, 6) is -0.180. The highest BCUT2D eigenvalue weighted by molar-refractivity contribution is 7.99. The molecule has 0 spiro atoms. The zero-order valence-corrected chi connectivity index (χ0v) is 18.6. The van der Waals surface area contributed by atoms with E-state index in [1.807, 2.05) is 36.4 Å². The van der Waals surface area contributed by atoms with Crippen LogP contribution in [0.2, 0.25) is 0 Å². The maximum absolute atomic E-state index is 13.8. The summed E-state index contributed by atoms with van der Waals surface area (Å²) in [5, 5.41) is 0. The highest BCUT2D eigenvalue weighted by Gasteiger charge is 2.08. The zero-order chi connectivity index (χ0) is 22.2. The average molecular weight is 437 g/mol. The number of thioether (sulfide) groups is 1. The van der Waals surface area contributed by atoms with Crippen LogP contribution in [0.4, 0.5) is 8.78 Å². The minimum Gasteiger partial charge on any atom is -0.298 e. The fourth-order valence-corrected chi connectivity index (χ4v) is 4.26. The van der Waals surface area contributed by atoms with Gasteiger partial charge in [0.2, 0.25) is 0 Å². The molecule has 0 fully saturated rings. The molecule has 0 saturated heterocycles. The lowest BCUT2D eigenvalue weighted by Crippen LogP contribution is -1.92. The Morgan fingerprint density at radius 1 is 0.839 bits per heavy atom. The first kappa shape index (κ1) is 23.0. The molecule has 0 unspecified atom stereocenters. The van der Waals surface area contributed by atoms with Crippen LogP contribution >= 0.6 is 11.8 Å². The van der Waals surface area contributed by atoms with E-state index in [1.165, 1.54) is 23.3 Å². The summed E-state index contributed by atoms with van der Waals surface area (Å²) in [7, 11) is 0. The van der Waals surface area contributed by atoms with Gasteiger partial charge in [-0.1, -0.05) is 36.4 Å². The lowest BCUT2D eigenvalue weighted by atomic mass is 9.96. The minimum absolute atomic E-state index is 0.560. The predicted octanol–water partition coefficient (Wildman–Crippen LogP) is 7.90. The van der Waals surface area contributed by atoms with Crippen molar-refractivity contribution in [3.8, 4) is 0 Å². The zero-order valence-electron chi connectivity index (χ0n) is 17.8. The van der Waals surface area contributed by atoms with Crippen LogP contribution in [-0.4, -0.2) is 12.0 Å². The fraction of sp³-hybridized carbons (Fsp3) is 0.222. The maximum Gasteiger partial charge on any atom is 0.150 e. The van der Waals surface area contributed by atoms with E-state index >= 15 is 0 Å². The molecule has 31 heavy (non-hydrogen) atoms. The molecule has 0 aliphatic heterocycles. The minimum atomic E-state index is -0.560. The van der Waals surface area contributed by atoms with Gasteiger partial charge in [-0.15, -0.1) is 11.8 Å². The van der Waals surface area contributed by atoms with Gasteiger partial charge >= 0.3 is 0 Å². The van der Waals surface area contributed by atoms with Gasteiger partial charge in [0.05, 0.1) is 0 Å². The van der Waals surface area contributed by atoms with E-state index in [0.29, 0.717) is 11.1 Å². The molecule has 4 heteroatoms. The summed E-state index contributed by atoms with van der Waals surface area (Å²) in [4.78, 5) is 11.9. The van der Waals surface area contributed by atoms with Crippen molar-refractivity contribution in [1.29, 1.82) is 0 Å². The molecule has 0 aromatic heterocycles. The number of carbonyl (C=O) groups is 1. The van der Waals surface area contributed by atoms with E-state index < -0.39 is 11.6 Å². The van der Waals surface area contributed by atoms with Crippen LogP contribution in [0, 0.1) is 25.5 Å². The second-order valence-corrected chi connectivity index (χ2v) is 8.83. The number of allylic oxidation sites excluding steroid dienone is 1. The van der Waals surface area contributed by atoms with Crippen molar-refractivity contribution in [2.75, 3.05) is 5.75 Å². The molecular weight excluding hydrogens is 410 g/mol. The number of aryl methyl sites for hydroxylation is 2. The Morgan fingerprint density at radius 2 is 1.52 bits per heavy atom. The van der Waals surface area contributed by atoms with Crippen LogP contribution in [0.1, 0.15) is 51.9 Å². The predicted molar refractivity (Wildman–Crippen MR) is 127 cm³/mol. The molecule has 0 atom stereocenters. The van der Waals surface area contributed by atoms with Crippen molar-refractivity contribution in [3.05, 3.63) is 100 Å². The Bertz CT molecular complexity index is 1050. The molecule has 0 radical (unpaired) electrons. The van der Waals surface area contributed by atoms with Crippen molar-refractivity contribution in [3.63, 3.8) is 0 Å². The number of benzene rings is 3. The van der Waals surface area contributed by atoms with E-state index in [0.717, 1.165) is 53.4 Å². The molecule has 0 bridgehead atoms. The summed E-state index contributed by atoms with van der Waals surface area (Å²) >= 11 is 1.74. The lowest BCUT2D eigenvalue weighted by Gasteiger charge is -2.10. The first-order valence-corrected chi connectivity index (χ1v) is 11.4. The summed E-state index contributed by atoms with van der Waals surface area (Å²) in [5.41, 5.74) is 5.64. The SMILES string of the molecule is Cc1ccc(C=C(CCCCSc2ccc(C=O)cc2)c2cc(F)cc(F)c2)cc1C. The van der Waals surface area contributed by atoms with Crippen molar-refractivity contribution in [2.45, 2.75) is 38.0 Å². The normalized spacial score (nSPS) is 11.5. The van der Waals surface area contributed by atoms with Crippen LogP contribution in [0.25, 0.3) is 11.6 Å². The molecule has 160 valence electrons. The third-order valence-electron chi connectivity index (χ3n) is 5.23. The van der Waals surface area contributed by atoms with Gasteiger partial charge in [0.15, 0.2) is 0 Å². The third-order valence-corrected chi connectivity index (χ3v) is 6.33. The molecule has 3 aromatic carbocycles. The Balaban J connectivity index is 1.68. The number of aldehydes is 1. The summed E-state index contributed by atoms with van der Waals surface area (Å²) < 4.78 is 27.7. The molecule has 0 amide bonds. The van der Waals surface area contributed by atoms with Crippen molar-refractivity contribution in [2.24, 2.45) is 0 Å². The van der Waals surface area contributed by atoms with Crippen LogP contribution in [-0.2, 0) is 0 Å². The average Bonchev–Trinajstić information content (AvgIpc) is 2.75. The van der Waals surface area contributed by atoms with Gasteiger partial charge < -0.3 is 0 Å². The Kier molecular flexibility index (Phi) is 8.19. The number of carbonyl (C=O) groups excluding carboxylic acids is 1. The largest absolute Gasteiger partial charge is 0.298 e. The smallest absolute Gasteiger partial charge is 0.150 e. The van der Waals surface area contributed by atoms with Crippen LogP contribution in [0.3, 0.4) is 0 Å². The van der Waals surface area contributed by atoms with Crippen molar-refractivity contribution in [1.82, 2.24) is 0 Å². The molecule has 0 heterocycles. The van der Waals surface area contributed by atoms with Gasteiger partial charge in [0, 0.05) is 16.5 Å². The van der Waals surface area contributed by atoms with Crippen molar-refractivity contribution >= 4 is 29.7 Å². The second-order valence-electron chi connectivity index (χ2n) is 7.66. The molecule has 3 rings (SSSR count). The molecule has 0 aliphatic carbocycles. The highest BCUT2D eigenvalue weighted by Crippen LogP contribution is 2.27. The van der Waals surface area contributed by atoms with Gasteiger partial charge in [-0.2, -0.15) is 0 Å². The molecule has 0 aliphatic rings. The summed E-state index contributed by atoms with van der Waals surface area (Å²) in [6, 6.07) is 17.5. The maximum atomic E-state index is 13.8. The molecule has 0 saturated carbocycles. The van der Waals surface area contributed by atoms with Gasteiger partial charge in [-0.25, -0.2) is 8.78 Å². The van der Waals surface area contributed by atoms with Crippen LogP contribution in [0.15, 0.2) is 65.6 Å². The van der Waals surface area contributed by atoms with Gasteiger partial charge in [0.1, 0.15) is 17.9 Å². The number of hydrogen-bond acceptors (Lipinski definition) is 2. The van der Waals surface area contributed by atoms with Crippen molar-refractivity contribution < 1.29 is 13.6 Å². The van der Waals surface area contributed by atoms with Gasteiger partial charge in [-0.05, 0) is 91.0 Å². The topological polar surface area (TPSA) is 17.1 Å². The first-order valence-electron chi connectivity index (χ1n) is 10.4. The van der Waals surface area contributed by atoms with Gasteiger partial charge in [0.25, 0.3) is 0 Å². The van der Waals surface area contributed by atoms with E-state index in [-0.39, 0.29) is 0 Å². The number of rotatable bonds is 9. The van der Waals surface area contributed by atoms with Crippen LogP contribution in [0.5, 0.6) is 0 Å². The monoisotopic (exact) mass is 436 g/mol. The fourth-order valence-electron chi connectivity index (χ4n) is 3.34. The quantitative estimate of drug-likeness (QED) is 0.147. The number of unbranched alkanes of at least 4 members (excludes halogenated alkanes) is 1. The summed E-state index contributed by atoms with van der Waals surface area (Å²) in [6.45, 7) is 4.13. The van der Waals surface area contributed by atoms with Crippen LogP contribution < -0.4 is 0 Å². The first-order chi connectivity index (χ1) is 14.9. The Morgan fingerprint density at radius 3 is 2.16 bits per heavy atom. The Hall–Kier alpha value is -2.72. The van der Waals surface area contributed by atoms with E-state index in [4.69, 9.17) is 0 Å². The number of hydrogen-bond donors (Lipinski definition) is 0. The van der Waals surface area contributed by atoms with E-state index in [9.17, 15) is 13.6 Å². The van der Waals surface area contributed by atoms with E-state index in [2.05, 4.69) is 26.0 Å². The number of halogens is 2. The summed E-state index contributed by atoms with van der Waals surface area (Å²) in [6.07, 6.45) is 5.50. The molecular formula is C27H26F2OS. The molecule has 3 aromatic rings.